The number of nitrogens with two attached hydrogens (primary N) is 1. The topological polar surface area (TPSA) is 225 Å². The van der Waals surface area contributed by atoms with Gasteiger partial charge in [0.15, 0.2) is 5.96 Å². The second kappa shape index (κ2) is 22.7. The van der Waals surface area contributed by atoms with Crippen LogP contribution in [0.3, 0.4) is 0 Å². The molecule has 0 aromatic heterocycles. The van der Waals surface area contributed by atoms with Gasteiger partial charge < -0.3 is 36.6 Å². The second-order valence-electron chi connectivity index (χ2n) is 15.5. The lowest BCUT2D eigenvalue weighted by molar-refractivity contribution is -0.142. The molecule has 3 amide bonds. The zero-order valence-electron chi connectivity index (χ0n) is 34.0. The molecule has 8 N–H and O–H groups in total. The number of hydrogen-bond donors (Lipinski definition) is 7. The highest BCUT2D eigenvalue weighted by molar-refractivity contribution is 7.88. The highest BCUT2D eigenvalue weighted by atomic mass is 35.5. The molecular formula is C43H57ClN8O7S. The summed E-state index contributed by atoms with van der Waals surface area (Å²) in [4.78, 5) is 57.0. The van der Waals surface area contributed by atoms with Gasteiger partial charge in [0.1, 0.15) is 12.1 Å². The van der Waals surface area contributed by atoms with Gasteiger partial charge in [0.05, 0.1) is 25.0 Å². The van der Waals surface area contributed by atoms with Gasteiger partial charge in [-0.05, 0) is 98.3 Å². The molecule has 0 bridgehead atoms. The van der Waals surface area contributed by atoms with E-state index in [-0.39, 0.29) is 57.9 Å². The number of ether oxygens (including phenoxy) is 1. The lowest BCUT2D eigenvalue weighted by atomic mass is 9.91. The molecule has 3 aromatic rings. The molecule has 60 heavy (non-hydrogen) atoms. The Morgan fingerprint density at radius 1 is 0.900 bits per heavy atom. The second-order valence-corrected chi connectivity index (χ2v) is 17.7. The molecule has 17 heteroatoms. The molecule has 2 fully saturated rings. The van der Waals surface area contributed by atoms with Crippen LogP contribution in [0.25, 0.3) is 11.1 Å². The van der Waals surface area contributed by atoms with E-state index in [1.54, 1.807) is 24.3 Å². The number of rotatable bonds is 21. The molecule has 4 atom stereocenters. The van der Waals surface area contributed by atoms with Crippen molar-refractivity contribution in [3.8, 4) is 11.1 Å². The molecule has 3 aromatic carbocycles. The van der Waals surface area contributed by atoms with Crippen molar-refractivity contribution >= 4 is 51.1 Å². The number of amides is 3. The van der Waals surface area contributed by atoms with Crippen LogP contribution in [0.1, 0.15) is 56.1 Å². The molecule has 0 aliphatic carbocycles. The van der Waals surface area contributed by atoms with Crippen LogP contribution in [0.2, 0.25) is 5.02 Å². The van der Waals surface area contributed by atoms with Gasteiger partial charge in [-0.3, -0.25) is 24.6 Å². The van der Waals surface area contributed by atoms with Gasteiger partial charge in [-0.25, -0.2) is 13.1 Å². The minimum Gasteiger partial charge on any atom is -0.372 e. The van der Waals surface area contributed by atoms with E-state index >= 15 is 0 Å². The first-order valence-corrected chi connectivity index (χ1v) is 22.7. The largest absolute Gasteiger partial charge is 0.372 e. The molecule has 2 aliphatic heterocycles. The van der Waals surface area contributed by atoms with Gasteiger partial charge in [-0.15, -0.1) is 0 Å². The summed E-state index contributed by atoms with van der Waals surface area (Å²) in [7, 11) is -3.82. The van der Waals surface area contributed by atoms with E-state index in [0.717, 1.165) is 54.4 Å². The molecule has 2 aliphatic rings. The van der Waals surface area contributed by atoms with Crippen molar-refractivity contribution in [2.75, 3.05) is 39.0 Å². The average molecular weight is 865 g/mol. The monoisotopic (exact) mass is 864 g/mol. The number of hydrogen-bond acceptors (Lipinski definition) is 9. The van der Waals surface area contributed by atoms with E-state index in [4.69, 9.17) is 27.5 Å². The number of sulfonamides is 1. The smallest absolute Gasteiger partial charge is 0.289 e. The third-order valence-corrected chi connectivity index (χ3v) is 11.8. The summed E-state index contributed by atoms with van der Waals surface area (Å²) in [5.74, 6) is -2.95. The number of nitrogens with one attached hydrogen (secondary N) is 6. The van der Waals surface area contributed by atoms with Crippen LogP contribution < -0.4 is 31.7 Å². The Kier molecular flexibility index (Phi) is 17.4. The first-order chi connectivity index (χ1) is 28.8. The molecule has 5 rings (SSSR count). The Morgan fingerprint density at radius 3 is 2.23 bits per heavy atom. The third-order valence-electron chi connectivity index (χ3n) is 10.8. The van der Waals surface area contributed by atoms with Crippen LogP contribution >= 0.6 is 11.6 Å². The van der Waals surface area contributed by atoms with E-state index in [9.17, 15) is 27.6 Å². The summed E-state index contributed by atoms with van der Waals surface area (Å²) in [5, 5.41) is 19.5. The first-order valence-electron chi connectivity index (χ1n) is 20.4. The van der Waals surface area contributed by atoms with Gasteiger partial charge >= 0.3 is 0 Å². The summed E-state index contributed by atoms with van der Waals surface area (Å²) >= 11 is 6.06. The quantitative estimate of drug-likeness (QED) is 0.0359. The predicted molar refractivity (Wildman–Crippen MR) is 231 cm³/mol. The Bertz CT molecular complexity index is 2020. The lowest BCUT2D eigenvalue weighted by Crippen LogP contribution is -2.56. The number of carbonyl (C=O) groups excluding carboxylic acids is 4. The van der Waals surface area contributed by atoms with Crippen LogP contribution in [0, 0.1) is 11.3 Å². The van der Waals surface area contributed by atoms with E-state index in [2.05, 4.69) is 26.0 Å². The minimum absolute atomic E-state index is 0.00619. The average Bonchev–Trinajstić information content (AvgIpc) is 3.67. The summed E-state index contributed by atoms with van der Waals surface area (Å²) in [5.41, 5.74) is 9.36. The van der Waals surface area contributed by atoms with E-state index in [1.165, 1.54) is 4.90 Å². The van der Waals surface area contributed by atoms with Gasteiger partial charge in [-0.1, -0.05) is 78.3 Å². The van der Waals surface area contributed by atoms with Crippen molar-refractivity contribution in [2.24, 2.45) is 11.7 Å². The van der Waals surface area contributed by atoms with Crippen molar-refractivity contribution in [3.05, 3.63) is 95.0 Å². The van der Waals surface area contributed by atoms with Crippen LogP contribution in [-0.4, -0.2) is 106 Å². The van der Waals surface area contributed by atoms with E-state index < -0.39 is 57.8 Å². The predicted octanol–water partition coefficient (Wildman–Crippen LogP) is 2.87. The Labute approximate surface area is 357 Å². The van der Waals surface area contributed by atoms with Crippen LogP contribution in [0.4, 0.5) is 0 Å². The van der Waals surface area contributed by atoms with Gasteiger partial charge in [0.2, 0.25) is 27.6 Å². The van der Waals surface area contributed by atoms with Crippen molar-refractivity contribution in [2.45, 2.75) is 82.2 Å². The normalized spacial score (nSPS) is 18.0. The SMILES string of the molecule is CS(=O)(=O)N[C@H](CCC1CCNCC1)C(=O)N1C[C@H](OCc2ccc(Cl)cc2)C[C@H]1C(=O)N[C@@H](CCCNC(=N)N)C(=O)C(=O)NCCc1ccc(-c2ccccc2)cc1. The highest BCUT2D eigenvalue weighted by Gasteiger charge is 2.44. The fourth-order valence-electron chi connectivity index (χ4n) is 7.60. The maximum absolute atomic E-state index is 14.4. The fourth-order valence-corrected chi connectivity index (χ4v) is 8.46. The molecule has 15 nitrogen and oxygen atoms in total. The number of likely N-dealkylation sites (tertiary alicyclic amines) is 1. The summed E-state index contributed by atoms with van der Waals surface area (Å²) < 4.78 is 33.8. The number of carbonyl (C=O) groups is 4. The maximum atomic E-state index is 14.4. The molecule has 324 valence electrons. The number of ketones is 1. The maximum Gasteiger partial charge on any atom is 0.289 e. The van der Waals surface area contributed by atoms with Crippen molar-refractivity contribution < 1.29 is 32.3 Å². The van der Waals surface area contributed by atoms with Crippen molar-refractivity contribution in [3.63, 3.8) is 0 Å². The van der Waals surface area contributed by atoms with Crippen molar-refractivity contribution in [1.82, 2.24) is 30.9 Å². The fraction of sp³-hybridized carbons (Fsp3) is 0.465. The van der Waals surface area contributed by atoms with Gasteiger partial charge in [-0.2, -0.15) is 0 Å². The van der Waals surface area contributed by atoms with Gasteiger partial charge in [0, 0.05) is 31.1 Å². The van der Waals surface area contributed by atoms with Crippen LogP contribution in [0.15, 0.2) is 78.9 Å². The molecule has 2 heterocycles. The van der Waals surface area contributed by atoms with Crippen molar-refractivity contribution in [1.29, 1.82) is 5.41 Å². The molecule has 0 saturated carbocycles. The number of Topliss-reactive ketones (excluding diaryl/α,β-unsaturated/α-hetero) is 1. The summed E-state index contributed by atoms with van der Waals surface area (Å²) in [6, 6.07) is 21.4. The first kappa shape index (κ1) is 46.2. The standard InChI is InChI=1S/C43H57ClN8O7S/c1-60(57,58)51-37(18-13-30-19-23-47-24-20-30)42(56)52-27-35(59-28-31-11-16-34(44)17-12-31)26-38(52)40(54)50-36(8-5-22-49-43(45)46)39(53)41(55)48-25-21-29-9-14-33(15-10-29)32-6-3-2-4-7-32/h2-4,6-7,9-12,14-17,30,35-38,47,51H,5,8,13,18-28H2,1H3,(H,48,55)(H,50,54)(H4,45,46,49)/t35-,36+,37-,38+/m1/s1. The zero-order chi connectivity index (χ0) is 43.1. The number of nitrogens with zero attached hydrogens (tertiary/aromatic N) is 1. The number of piperidine rings is 1. The lowest BCUT2D eigenvalue weighted by Gasteiger charge is -2.30. The Morgan fingerprint density at radius 2 is 1.57 bits per heavy atom. The van der Waals surface area contributed by atoms with E-state index in [1.807, 2.05) is 54.6 Å². The summed E-state index contributed by atoms with van der Waals surface area (Å²) in [6.07, 6.45) is 3.87. The van der Waals surface area contributed by atoms with Gasteiger partial charge in [0.25, 0.3) is 5.91 Å². The number of halogens is 1. The molecule has 0 unspecified atom stereocenters. The molecule has 2 saturated heterocycles. The third kappa shape index (κ3) is 14.7. The zero-order valence-corrected chi connectivity index (χ0v) is 35.5. The molecular weight excluding hydrogens is 808 g/mol. The minimum atomic E-state index is -3.82. The van der Waals surface area contributed by atoms with Crippen LogP contribution in [-0.2, 0) is 47.0 Å². The number of guanidine groups is 1. The Balaban J connectivity index is 1.29. The molecule has 0 spiro atoms. The number of benzene rings is 3. The van der Waals surface area contributed by atoms with Crippen LogP contribution in [0.5, 0.6) is 0 Å². The molecule has 0 radical (unpaired) electrons. The van der Waals surface area contributed by atoms with E-state index in [0.29, 0.717) is 23.8 Å². The highest BCUT2D eigenvalue weighted by Crippen LogP contribution is 2.26. The Hall–Kier alpha value is -4.87. The summed E-state index contributed by atoms with van der Waals surface area (Å²) in [6.45, 7) is 2.23.